The third-order valence-electron chi connectivity index (χ3n) is 4.08. The molecule has 26 heavy (non-hydrogen) atoms. The lowest BCUT2D eigenvalue weighted by atomic mass is 10.0. The number of amides is 1. The highest BCUT2D eigenvalue weighted by Crippen LogP contribution is 2.19. The molecule has 6 nitrogen and oxygen atoms in total. The molecule has 3 aromatic rings. The summed E-state index contributed by atoms with van der Waals surface area (Å²) in [5.74, 6) is 0.0748. The van der Waals surface area contributed by atoms with E-state index in [0.717, 1.165) is 11.3 Å². The van der Waals surface area contributed by atoms with Gasteiger partial charge in [0.2, 0.25) is 0 Å². The number of nitrogens with one attached hydrogen (secondary N) is 1. The highest BCUT2D eigenvalue weighted by Gasteiger charge is 2.32. The van der Waals surface area contributed by atoms with Crippen LogP contribution < -0.4 is 10.9 Å². The van der Waals surface area contributed by atoms with Crippen molar-refractivity contribution in [1.82, 2.24) is 14.8 Å². The number of aryl methyl sites for hydroxylation is 1. The van der Waals surface area contributed by atoms with Crippen LogP contribution in [0.5, 0.6) is 0 Å². The Morgan fingerprint density at radius 3 is 2.42 bits per heavy atom. The van der Waals surface area contributed by atoms with Gasteiger partial charge < -0.3 is 5.32 Å². The van der Waals surface area contributed by atoms with E-state index in [1.807, 2.05) is 49.4 Å². The zero-order chi connectivity index (χ0) is 18.7. The molecule has 1 N–H and O–H groups in total. The van der Waals surface area contributed by atoms with Crippen molar-refractivity contribution in [2.24, 2.45) is 0 Å². The molecule has 0 saturated heterocycles. The van der Waals surface area contributed by atoms with Gasteiger partial charge in [0.25, 0.3) is 11.5 Å². The molecule has 0 aliphatic rings. The number of nitrogens with zero attached hydrogens (tertiary/aromatic N) is 3. The second-order valence-electron chi connectivity index (χ2n) is 6.51. The van der Waals surface area contributed by atoms with Crippen molar-refractivity contribution in [3.05, 3.63) is 76.7 Å². The Bertz CT molecular complexity index is 994. The molecule has 2 aromatic heterocycles. The topological polar surface area (TPSA) is 76.9 Å². The molecule has 132 valence electrons. The van der Waals surface area contributed by atoms with Gasteiger partial charge in [-0.15, -0.1) is 0 Å². The maximum atomic E-state index is 12.8. The van der Waals surface area contributed by atoms with Crippen LogP contribution in [-0.2, 0) is 10.3 Å². The summed E-state index contributed by atoms with van der Waals surface area (Å²) in [7, 11) is 0. The molecular weight excluding hydrogens is 328 g/mol. The third-order valence-corrected chi connectivity index (χ3v) is 4.08. The number of carbonyl (C=O) groups excluding carboxylic acids is 1. The number of benzene rings is 1. The lowest BCUT2D eigenvalue weighted by molar-refractivity contribution is -0.123. The normalized spacial score (nSPS) is 11.2. The fourth-order valence-corrected chi connectivity index (χ4v) is 2.55. The minimum Gasteiger partial charge on any atom is -0.309 e. The quantitative estimate of drug-likeness (QED) is 0.786. The van der Waals surface area contributed by atoms with Gasteiger partial charge in [0.05, 0.1) is 5.69 Å². The Hall–Kier alpha value is -3.28. The van der Waals surface area contributed by atoms with Crippen LogP contribution >= 0.6 is 0 Å². The van der Waals surface area contributed by atoms with Crippen LogP contribution in [0.3, 0.4) is 0 Å². The van der Waals surface area contributed by atoms with Crippen molar-refractivity contribution in [2.45, 2.75) is 26.3 Å². The van der Waals surface area contributed by atoms with Crippen LogP contribution in [-0.4, -0.2) is 20.7 Å². The summed E-state index contributed by atoms with van der Waals surface area (Å²) in [6.07, 6.45) is 0. The van der Waals surface area contributed by atoms with E-state index in [1.165, 1.54) is 10.7 Å². The van der Waals surface area contributed by atoms with Crippen molar-refractivity contribution in [1.29, 1.82) is 0 Å². The van der Waals surface area contributed by atoms with Gasteiger partial charge in [-0.1, -0.05) is 36.4 Å². The van der Waals surface area contributed by atoms with Crippen molar-refractivity contribution in [3.63, 3.8) is 0 Å². The van der Waals surface area contributed by atoms with Gasteiger partial charge in [-0.2, -0.15) is 5.10 Å². The Kier molecular flexibility index (Phi) is 4.67. The van der Waals surface area contributed by atoms with Crippen LogP contribution in [0.15, 0.2) is 65.5 Å². The summed E-state index contributed by atoms with van der Waals surface area (Å²) < 4.78 is 1.21. The second-order valence-corrected chi connectivity index (χ2v) is 6.51. The van der Waals surface area contributed by atoms with Crippen molar-refractivity contribution >= 4 is 11.7 Å². The first-order valence-electron chi connectivity index (χ1n) is 8.29. The summed E-state index contributed by atoms with van der Waals surface area (Å²) in [4.78, 5) is 29.4. The minimum absolute atomic E-state index is 0.345. The van der Waals surface area contributed by atoms with Crippen LogP contribution in [0.1, 0.15) is 19.5 Å². The number of pyridine rings is 1. The van der Waals surface area contributed by atoms with E-state index in [0.29, 0.717) is 11.5 Å². The number of carbonyl (C=O) groups is 1. The van der Waals surface area contributed by atoms with E-state index in [1.54, 1.807) is 26.0 Å². The molecule has 0 unspecified atom stereocenters. The number of hydrogen-bond donors (Lipinski definition) is 1. The number of aromatic nitrogens is 3. The Labute approximate surface area is 151 Å². The van der Waals surface area contributed by atoms with E-state index in [2.05, 4.69) is 15.4 Å². The van der Waals surface area contributed by atoms with Gasteiger partial charge in [-0.25, -0.2) is 9.67 Å². The fraction of sp³-hybridized carbons (Fsp3) is 0.200. The summed E-state index contributed by atoms with van der Waals surface area (Å²) >= 11 is 0. The molecule has 1 aromatic carbocycles. The largest absolute Gasteiger partial charge is 0.309 e. The predicted molar refractivity (Wildman–Crippen MR) is 101 cm³/mol. The van der Waals surface area contributed by atoms with Gasteiger partial charge in [0.15, 0.2) is 0 Å². The van der Waals surface area contributed by atoms with Gasteiger partial charge in [-0.05, 0) is 39.0 Å². The Balaban J connectivity index is 1.95. The van der Waals surface area contributed by atoms with Crippen LogP contribution in [0, 0.1) is 6.92 Å². The maximum Gasteiger partial charge on any atom is 0.267 e. The number of anilines is 1. The summed E-state index contributed by atoms with van der Waals surface area (Å²) in [6, 6.07) is 18.0. The smallest absolute Gasteiger partial charge is 0.267 e. The molecule has 0 aliphatic heterocycles. The summed E-state index contributed by atoms with van der Waals surface area (Å²) in [5.41, 5.74) is 0.759. The molecule has 3 rings (SSSR count). The maximum absolute atomic E-state index is 12.8. The molecular formula is C20H20N4O2. The molecule has 0 fully saturated rings. The minimum atomic E-state index is -1.19. The first-order chi connectivity index (χ1) is 12.4. The molecule has 0 saturated carbocycles. The average molecular weight is 348 g/mol. The average Bonchev–Trinajstić information content (AvgIpc) is 2.62. The lowest BCUT2D eigenvalue weighted by Crippen LogP contribution is -2.47. The van der Waals surface area contributed by atoms with Crippen LogP contribution in [0.2, 0.25) is 0 Å². The van der Waals surface area contributed by atoms with Crippen molar-refractivity contribution in [3.8, 4) is 11.3 Å². The summed E-state index contributed by atoms with van der Waals surface area (Å²) in [6.45, 7) is 5.15. The monoisotopic (exact) mass is 348 g/mol. The number of hydrogen-bond acceptors (Lipinski definition) is 4. The van der Waals surface area contributed by atoms with Crippen LogP contribution in [0.4, 0.5) is 5.82 Å². The first-order valence-corrected chi connectivity index (χ1v) is 8.29. The highest BCUT2D eigenvalue weighted by atomic mass is 16.2. The van der Waals surface area contributed by atoms with E-state index >= 15 is 0 Å². The van der Waals surface area contributed by atoms with Gasteiger partial charge in [0.1, 0.15) is 11.4 Å². The zero-order valence-electron chi connectivity index (χ0n) is 14.9. The molecule has 0 spiro atoms. The molecule has 0 aliphatic carbocycles. The lowest BCUT2D eigenvalue weighted by Gasteiger charge is -2.25. The van der Waals surface area contributed by atoms with E-state index in [-0.39, 0.29) is 11.5 Å². The molecule has 0 atom stereocenters. The first kappa shape index (κ1) is 17.5. The molecule has 6 heteroatoms. The van der Waals surface area contributed by atoms with E-state index < -0.39 is 5.54 Å². The Morgan fingerprint density at radius 2 is 1.73 bits per heavy atom. The fourth-order valence-electron chi connectivity index (χ4n) is 2.55. The molecule has 2 heterocycles. The van der Waals surface area contributed by atoms with Gasteiger partial charge >= 0.3 is 0 Å². The second kappa shape index (κ2) is 6.92. The van der Waals surface area contributed by atoms with Gasteiger partial charge in [0, 0.05) is 17.3 Å². The number of rotatable bonds is 4. The zero-order valence-corrected chi connectivity index (χ0v) is 14.9. The SMILES string of the molecule is Cc1cccc(NC(=O)C(C)(C)n2nc(-c3ccccc3)ccc2=O)n1. The highest BCUT2D eigenvalue weighted by molar-refractivity contribution is 5.95. The standard InChI is InChI=1S/C20H20N4O2/c1-14-8-7-11-17(21-14)22-19(26)20(2,3)24-18(25)13-12-16(23-24)15-9-5-4-6-10-15/h4-13H,1-3H3,(H,21,22,26). The molecule has 0 bridgehead atoms. The Morgan fingerprint density at radius 1 is 1.00 bits per heavy atom. The van der Waals surface area contributed by atoms with Crippen molar-refractivity contribution < 1.29 is 4.79 Å². The van der Waals surface area contributed by atoms with Gasteiger partial charge in [-0.3, -0.25) is 9.59 Å². The molecule has 1 amide bonds. The van der Waals surface area contributed by atoms with Crippen molar-refractivity contribution in [2.75, 3.05) is 5.32 Å². The molecule has 0 radical (unpaired) electrons. The predicted octanol–water partition coefficient (Wildman–Crippen LogP) is 2.99. The van der Waals surface area contributed by atoms with Crippen LogP contribution in [0.25, 0.3) is 11.3 Å². The summed E-state index contributed by atoms with van der Waals surface area (Å²) in [5, 5.41) is 7.18. The third kappa shape index (κ3) is 3.54. The van der Waals surface area contributed by atoms with E-state index in [4.69, 9.17) is 0 Å². The van der Waals surface area contributed by atoms with E-state index in [9.17, 15) is 9.59 Å².